The van der Waals surface area contributed by atoms with Gasteiger partial charge in [-0.1, -0.05) is 48.0 Å². The monoisotopic (exact) mass is 409 g/mol. The molecular formula is C23H20FNO3S. The first kappa shape index (κ1) is 19.2. The minimum Gasteiger partial charge on any atom is -0.489 e. The van der Waals surface area contributed by atoms with Crippen molar-refractivity contribution < 1.29 is 17.5 Å². The molecule has 1 atom stereocenters. The second kappa shape index (κ2) is 7.72. The minimum absolute atomic E-state index is 0.151. The Labute approximate surface area is 169 Å². The van der Waals surface area contributed by atoms with Crippen molar-refractivity contribution >= 4 is 15.8 Å². The van der Waals surface area contributed by atoms with Crippen LogP contribution in [0.15, 0.2) is 90.0 Å². The van der Waals surface area contributed by atoms with E-state index in [4.69, 9.17) is 4.74 Å². The van der Waals surface area contributed by atoms with E-state index in [1.54, 1.807) is 36.4 Å². The topological polar surface area (TPSA) is 46.6 Å². The van der Waals surface area contributed by atoms with E-state index < -0.39 is 16.1 Å². The molecule has 29 heavy (non-hydrogen) atoms. The summed E-state index contributed by atoms with van der Waals surface area (Å²) >= 11 is 0. The molecule has 0 spiro atoms. The maximum Gasteiger partial charge on any atom is 0.264 e. The van der Waals surface area contributed by atoms with E-state index in [1.165, 1.54) is 22.6 Å². The number of hydrogen-bond acceptors (Lipinski definition) is 3. The zero-order chi connectivity index (χ0) is 20.4. The molecule has 1 heterocycles. The van der Waals surface area contributed by atoms with Gasteiger partial charge < -0.3 is 4.74 Å². The van der Waals surface area contributed by atoms with Gasteiger partial charge in [0.25, 0.3) is 10.0 Å². The molecule has 1 aliphatic rings. The summed E-state index contributed by atoms with van der Waals surface area (Å²) in [4.78, 5) is 0.209. The van der Waals surface area contributed by atoms with Crippen LogP contribution < -0.4 is 0 Å². The van der Waals surface area contributed by atoms with E-state index >= 15 is 0 Å². The van der Waals surface area contributed by atoms with E-state index in [0.29, 0.717) is 11.3 Å². The average Bonchev–Trinajstić information content (AvgIpc) is 2.75. The SMILES string of the molecule is Cc1ccc(S(=O)(=O)N2C=C(c3ccc(F)cc3)OCC2c2ccccc2)cc1. The summed E-state index contributed by atoms with van der Waals surface area (Å²) in [5, 5.41) is 0. The largest absolute Gasteiger partial charge is 0.489 e. The van der Waals surface area contributed by atoms with Crippen molar-refractivity contribution in [2.45, 2.75) is 17.9 Å². The molecule has 6 heteroatoms. The normalized spacial score (nSPS) is 16.8. The molecule has 0 saturated heterocycles. The van der Waals surface area contributed by atoms with Gasteiger partial charge in [0.05, 0.1) is 11.1 Å². The summed E-state index contributed by atoms with van der Waals surface area (Å²) in [5.41, 5.74) is 2.42. The zero-order valence-electron chi connectivity index (χ0n) is 15.8. The predicted octanol–water partition coefficient (Wildman–Crippen LogP) is 4.89. The molecule has 0 bridgehead atoms. The van der Waals surface area contributed by atoms with E-state index in [1.807, 2.05) is 37.3 Å². The molecule has 4 nitrogen and oxygen atoms in total. The summed E-state index contributed by atoms with van der Waals surface area (Å²) in [6, 6.07) is 21.4. The fraction of sp³-hybridized carbons (Fsp3) is 0.130. The number of rotatable bonds is 4. The highest BCUT2D eigenvalue weighted by molar-refractivity contribution is 7.89. The van der Waals surface area contributed by atoms with Crippen LogP contribution in [0.25, 0.3) is 5.76 Å². The highest BCUT2D eigenvalue weighted by atomic mass is 32.2. The van der Waals surface area contributed by atoms with Crippen molar-refractivity contribution in [1.29, 1.82) is 0 Å². The fourth-order valence-electron chi connectivity index (χ4n) is 3.24. The van der Waals surface area contributed by atoms with Crippen molar-refractivity contribution in [3.05, 3.63) is 108 Å². The standard InChI is InChI=1S/C23H20FNO3S/c1-17-7-13-21(14-8-17)29(26,27)25-15-23(19-9-11-20(24)12-10-19)28-16-22(25)18-5-3-2-4-6-18/h2-15,22H,16H2,1H3. The Morgan fingerprint density at radius 2 is 1.59 bits per heavy atom. The number of ether oxygens (including phenoxy) is 1. The van der Waals surface area contributed by atoms with E-state index in [-0.39, 0.29) is 17.3 Å². The third kappa shape index (κ3) is 3.89. The van der Waals surface area contributed by atoms with Crippen LogP contribution in [-0.4, -0.2) is 19.3 Å². The molecule has 3 aromatic rings. The lowest BCUT2D eigenvalue weighted by Gasteiger charge is -2.35. The maximum absolute atomic E-state index is 13.5. The van der Waals surface area contributed by atoms with E-state index in [0.717, 1.165) is 11.1 Å². The second-order valence-electron chi connectivity index (χ2n) is 6.89. The highest BCUT2D eigenvalue weighted by Crippen LogP contribution is 2.35. The van der Waals surface area contributed by atoms with Gasteiger partial charge in [-0.2, -0.15) is 0 Å². The summed E-state index contributed by atoms with van der Waals surface area (Å²) < 4.78 is 47.5. The second-order valence-corrected chi connectivity index (χ2v) is 8.73. The summed E-state index contributed by atoms with van der Waals surface area (Å²) in [6.07, 6.45) is 1.49. The molecule has 0 amide bonds. The first-order valence-electron chi connectivity index (χ1n) is 9.21. The molecule has 1 unspecified atom stereocenters. The molecule has 4 rings (SSSR count). The lowest BCUT2D eigenvalue weighted by atomic mass is 10.1. The van der Waals surface area contributed by atoms with Crippen LogP contribution in [0.5, 0.6) is 0 Å². The van der Waals surface area contributed by atoms with Gasteiger partial charge in [0.1, 0.15) is 24.2 Å². The van der Waals surface area contributed by atoms with Crippen LogP contribution in [0.1, 0.15) is 22.7 Å². The lowest BCUT2D eigenvalue weighted by Crippen LogP contribution is -2.36. The molecule has 0 N–H and O–H groups in total. The summed E-state index contributed by atoms with van der Waals surface area (Å²) in [7, 11) is -3.82. The van der Waals surface area contributed by atoms with Crippen LogP contribution >= 0.6 is 0 Å². The molecule has 0 aliphatic carbocycles. The maximum atomic E-state index is 13.5. The van der Waals surface area contributed by atoms with Gasteiger partial charge in [-0.15, -0.1) is 0 Å². The number of nitrogens with zero attached hydrogens (tertiary/aromatic N) is 1. The Morgan fingerprint density at radius 1 is 0.931 bits per heavy atom. The van der Waals surface area contributed by atoms with Gasteiger partial charge >= 0.3 is 0 Å². The molecule has 0 fully saturated rings. The summed E-state index contributed by atoms with van der Waals surface area (Å²) in [6.45, 7) is 2.06. The Kier molecular flexibility index (Phi) is 5.11. The van der Waals surface area contributed by atoms with Crippen LogP contribution in [-0.2, 0) is 14.8 Å². The average molecular weight is 409 g/mol. The van der Waals surface area contributed by atoms with Crippen LogP contribution in [0.4, 0.5) is 4.39 Å². The van der Waals surface area contributed by atoms with Gasteiger partial charge in [-0.05, 0) is 48.9 Å². The Balaban J connectivity index is 1.81. The van der Waals surface area contributed by atoms with Gasteiger partial charge in [-0.3, -0.25) is 4.31 Å². The molecular weight excluding hydrogens is 389 g/mol. The Morgan fingerprint density at radius 3 is 2.24 bits per heavy atom. The van der Waals surface area contributed by atoms with Gasteiger partial charge in [0, 0.05) is 5.56 Å². The quantitative estimate of drug-likeness (QED) is 0.616. The van der Waals surface area contributed by atoms with Crippen molar-refractivity contribution in [2.75, 3.05) is 6.61 Å². The molecule has 1 aliphatic heterocycles. The van der Waals surface area contributed by atoms with Crippen molar-refractivity contribution in [3.8, 4) is 0 Å². The Bertz CT molecular complexity index is 1130. The number of sulfonamides is 1. The molecule has 0 saturated carbocycles. The molecule has 0 aromatic heterocycles. The van der Waals surface area contributed by atoms with Crippen LogP contribution in [0.2, 0.25) is 0 Å². The smallest absolute Gasteiger partial charge is 0.264 e. The summed E-state index contributed by atoms with van der Waals surface area (Å²) in [5.74, 6) is 0.0179. The first-order valence-corrected chi connectivity index (χ1v) is 10.6. The van der Waals surface area contributed by atoms with Crippen molar-refractivity contribution in [3.63, 3.8) is 0 Å². The van der Waals surface area contributed by atoms with Crippen molar-refractivity contribution in [1.82, 2.24) is 4.31 Å². The number of halogens is 1. The first-order chi connectivity index (χ1) is 13.9. The predicted molar refractivity (Wildman–Crippen MR) is 110 cm³/mol. The fourth-order valence-corrected chi connectivity index (χ4v) is 4.72. The molecule has 0 radical (unpaired) electrons. The van der Waals surface area contributed by atoms with Gasteiger partial charge in [0.2, 0.25) is 0 Å². The lowest BCUT2D eigenvalue weighted by molar-refractivity contribution is 0.178. The number of benzene rings is 3. The van der Waals surface area contributed by atoms with E-state index in [2.05, 4.69) is 0 Å². The van der Waals surface area contributed by atoms with Crippen LogP contribution in [0, 0.1) is 12.7 Å². The minimum atomic E-state index is -3.82. The molecule has 148 valence electrons. The van der Waals surface area contributed by atoms with Gasteiger partial charge in [-0.25, -0.2) is 12.8 Å². The van der Waals surface area contributed by atoms with Gasteiger partial charge in [0.15, 0.2) is 0 Å². The van der Waals surface area contributed by atoms with Crippen molar-refractivity contribution in [2.24, 2.45) is 0 Å². The number of aryl methyl sites for hydroxylation is 1. The number of hydrogen-bond donors (Lipinski definition) is 0. The highest BCUT2D eigenvalue weighted by Gasteiger charge is 2.34. The third-order valence-corrected chi connectivity index (χ3v) is 6.64. The molecule has 3 aromatic carbocycles. The van der Waals surface area contributed by atoms with E-state index in [9.17, 15) is 12.8 Å². The van der Waals surface area contributed by atoms with Crippen LogP contribution in [0.3, 0.4) is 0 Å². The Hall–Kier alpha value is -3.12. The third-order valence-electron chi connectivity index (χ3n) is 4.86. The zero-order valence-corrected chi connectivity index (χ0v) is 16.6.